The number of aliphatic carboxylic acids is 1. The molecule has 0 heterocycles. The number of hydrogen-bond acceptors (Lipinski definition) is 3. The Labute approximate surface area is 86.1 Å². The lowest BCUT2D eigenvalue weighted by molar-refractivity contribution is -0.136. The SMILES string of the molecule is Nc1cc(C(=O)O)ccc1CCC(=O)O. The summed E-state index contributed by atoms with van der Waals surface area (Å²) in [4.78, 5) is 20.9. The Kier molecular flexibility index (Phi) is 3.28. The monoisotopic (exact) mass is 209 g/mol. The summed E-state index contributed by atoms with van der Waals surface area (Å²) in [7, 11) is 0. The Balaban J connectivity index is 2.83. The first kappa shape index (κ1) is 11.0. The van der Waals surface area contributed by atoms with Gasteiger partial charge in [0.25, 0.3) is 0 Å². The zero-order chi connectivity index (χ0) is 11.4. The van der Waals surface area contributed by atoms with Crippen LogP contribution in [-0.2, 0) is 11.2 Å². The van der Waals surface area contributed by atoms with Crippen LogP contribution in [0.3, 0.4) is 0 Å². The molecule has 15 heavy (non-hydrogen) atoms. The molecule has 5 heteroatoms. The number of carbonyl (C=O) groups is 2. The zero-order valence-electron chi connectivity index (χ0n) is 7.93. The third-order valence-corrected chi connectivity index (χ3v) is 2.00. The Morgan fingerprint density at radius 3 is 2.40 bits per heavy atom. The number of carboxylic acid groups (broad SMARTS) is 2. The van der Waals surface area contributed by atoms with Crippen LogP contribution < -0.4 is 5.73 Å². The van der Waals surface area contributed by atoms with Gasteiger partial charge in [-0.1, -0.05) is 6.07 Å². The first-order valence-corrected chi connectivity index (χ1v) is 4.34. The number of rotatable bonds is 4. The molecule has 1 aromatic carbocycles. The summed E-state index contributed by atoms with van der Waals surface area (Å²) < 4.78 is 0. The van der Waals surface area contributed by atoms with E-state index in [0.717, 1.165) is 0 Å². The molecular formula is C10H11NO4. The molecule has 0 saturated carbocycles. The normalized spacial score (nSPS) is 9.87. The van der Waals surface area contributed by atoms with Crippen molar-refractivity contribution in [2.24, 2.45) is 0 Å². The number of aryl methyl sites for hydroxylation is 1. The molecule has 0 aliphatic carbocycles. The van der Waals surface area contributed by atoms with E-state index in [2.05, 4.69) is 0 Å². The number of benzene rings is 1. The van der Waals surface area contributed by atoms with Crippen molar-refractivity contribution in [2.45, 2.75) is 12.8 Å². The van der Waals surface area contributed by atoms with Crippen molar-refractivity contribution in [3.05, 3.63) is 29.3 Å². The average Bonchev–Trinajstić information content (AvgIpc) is 2.15. The molecule has 0 aromatic heterocycles. The van der Waals surface area contributed by atoms with Crippen LogP contribution in [0.1, 0.15) is 22.3 Å². The molecule has 0 atom stereocenters. The molecule has 0 aliphatic rings. The van der Waals surface area contributed by atoms with Gasteiger partial charge in [-0.25, -0.2) is 4.79 Å². The number of carboxylic acids is 2. The van der Waals surface area contributed by atoms with E-state index in [1.807, 2.05) is 0 Å². The summed E-state index contributed by atoms with van der Waals surface area (Å²) in [5.41, 5.74) is 6.66. The minimum Gasteiger partial charge on any atom is -0.481 e. The highest BCUT2D eigenvalue weighted by molar-refractivity contribution is 5.89. The van der Waals surface area contributed by atoms with Gasteiger partial charge < -0.3 is 15.9 Å². The quantitative estimate of drug-likeness (QED) is 0.642. The van der Waals surface area contributed by atoms with Crippen LogP contribution in [0.25, 0.3) is 0 Å². The molecule has 0 aliphatic heterocycles. The van der Waals surface area contributed by atoms with Gasteiger partial charge in [0.15, 0.2) is 0 Å². The molecular weight excluding hydrogens is 198 g/mol. The third kappa shape index (κ3) is 2.98. The molecule has 0 unspecified atom stereocenters. The van der Waals surface area contributed by atoms with Gasteiger partial charge in [-0.3, -0.25) is 4.79 Å². The highest BCUT2D eigenvalue weighted by Gasteiger charge is 2.07. The van der Waals surface area contributed by atoms with Gasteiger partial charge in [0.05, 0.1) is 5.56 Å². The summed E-state index contributed by atoms with van der Waals surface area (Å²) in [6, 6.07) is 4.29. The van der Waals surface area contributed by atoms with E-state index in [9.17, 15) is 9.59 Å². The minimum absolute atomic E-state index is 0.0172. The largest absolute Gasteiger partial charge is 0.481 e. The fourth-order valence-corrected chi connectivity index (χ4v) is 1.20. The van der Waals surface area contributed by atoms with Crippen LogP contribution in [0.15, 0.2) is 18.2 Å². The topological polar surface area (TPSA) is 101 Å². The summed E-state index contributed by atoms with van der Waals surface area (Å²) in [6.45, 7) is 0. The minimum atomic E-state index is -1.05. The van der Waals surface area contributed by atoms with E-state index >= 15 is 0 Å². The number of nitrogens with two attached hydrogens (primary N) is 1. The number of nitrogen functional groups attached to an aromatic ring is 1. The summed E-state index contributed by atoms with van der Waals surface area (Å²) in [6.07, 6.45) is 0.289. The van der Waals surface area contributed by atoms with E-state index in [1.165, 1.54) is 12.1 Å². The standard InChI is InChI=1S/C10H11NO4/c11-8-5-7(10(14)15)2-1-6(8)3-4-9(12)13/h1-2,5H,3-4,11H2,(H,12,13)(H,14,15). The summed E-state index contributed by atoms with van der Waals surface area (Å²) >= 11 is 0. The van der Waals surface area contributed by atoms with Crippen molar-refractivity contribution in [1.82, 2.24) is 0 Å². The van der Waals surface area contributed by atoms with Crippen molar-refractivity contribution in [3.63, 3.8) is 0 Å². The molecule has 4 N–H and O–H groups in total. The fourth-order valence-electron chi connectivity index (χ4n) is 1.20. The van der Waals surface area contributed by atoms with E-state index < -0.39 is 11.9 Å². The molecule has 1 rings (SSSR count). The Morgan fingerprint density at radius 1 is 1.27 bits per heavy atom. The summed E-state index contributed by atoms with van der Waals surface area (Å²) in [5.74, 6) is -1.96. The first-order chi connectivity index (χ1) is 7.00. The van der Waals surface area contributed by atoms with Gasteiger partial charge in [-0.15, -0.1) is 0 Å². The highest BCUT2D eigenvalue weighted by Crippen LogP contribution is 2.16. The fraction of sp³-hybridized carbons (Fsp3) is 0.200. The number of hydrogen-bond donors (Lipinski definition) is 3. The molecule has 0 bridgehead atoms. The Morgan fingerprint density at radius 2 is 1.93 bits per heavy atom. The van der Waals surface area contributed by atoms with Gasteiger partial charge in [0.1, 0.15) is 0 Å². The Hall–Kier alpha value is -2.04. The van der Waals surface area contributed by atoms with E-state index in [-0.39, 0.29) is 12.0 Å². The Bertz CT molecular complexity index is 400. The second-order valence-electron chi connectivity index (χ2n) is 3.11. The molecule has 0 spiro atoms. The van der Waals surface area contributed by atoms with Crippen LogP contribution in [-0.4, -0.2) is 22.2 Å². The predicted molar refractivity (Wildman–Crippen MR) is 53.8 cm³/mol. The maximum Gasteiger partial charge on any atom is 0.335 e. The predicted octanol–water partition coefficient (Wildman–Crippen LogP) is 0.984. The van der Waals surface area contributed by atoms with Gasteiger partial charge in [-0.2, -0.15) is 0 Å². The lowest BCUT2D eigenvalue weighted by Gasteiger charge is -2.04. The molecule has 0 fully saturated rings. The lowest BCUT2D eigenvalue weighted by Crippen LogP contribution is -2.03. The molecule has 0 amide bonds. The van der Waals surface area contributed by atoms with Crippen LogP contribution in [0, 0.1) is 0 Å². The highest BCUT2D eigenvalue weighted by atomic mass is 16.4. The van der Waals surface area contributed by atoms with E-state index in [1.54, 1.807) is 6.07 Å². The van der Waals surface area contributed by atoms with Gasteiger partial charge in [0.2, 0.25) is 0 Å². The second-order valence-corrected chi connectivity index (χ2v) is 3.11. The third-order valence-electron chi connectivity index (χ3n) is 2.00. The number of aromatic carboxylic acids is 1. The van der Waals surface area contributed by atoms with Crippen LogP contribution in [0.4, 0.5) is 5.69 Å². The van der Waals surface area contributed by atoms with Crippen LogP contribution in [0.2, 0.25) is 0 Å². The molecule has 5 nitrogen and oxygen atoms in total. The maximum absolute atomic E-state index is 10.6. The molecule has 1 aromatic rings. The van der Waals surface area contributed by atoms with Crippen molar-refractivity contribution < 1.29 is 19.8 Å². The maximum atomic E-state index is 10.6. The van der Waals surface area contributed by atoms with E-state index in [0.29, 0.717) is 17.7 Å². The number of anilines is 1. The first-order valence-electron chi connectivity index (χ1n) is 4.34. The molecule has 0 saturated heterocycles. The smallest absolute Gasteiger partial charge is 0.335 e. The van der Waals surface area contributed by atoms with Crippen molar-refractivity contribution in [3.8, 4) is 0 Å². The van der Waals surface area contributed by atoms with Crippen molar-refractivity contribution >= 4 is 17.6 Å². The van der Waals surface area contributed by atoms with Crippen LogP contribution >= 0.6 is 0 Å². The average molecular weight is 209 g/mol. The van der Waals surface area contributed by atoms with Gasteiger partial charge >= 0.3 is 11.9 Å². The van der Waals surface area contributed by atoms with Crippen molar-refractivity contribution in [1.29, 1.82) is 0 Å². The summed E-state index contributed by atoms with van der Waals surface area (Å²) in [5, 5.41) is 17.1. The zero-order valence-corrected chi connectivity index (χ0v) is 7.93. The van der Waals surface area contributed by atoms with E-state index in [4.69, 9.17) is 15.9 Å². The second kappa shape index (κ2) is 4.45. The molecule has 0 radical (unpaired) electrons. The van der Waals surface area contributed by atoms with Gasteiger partial charge in [0, 0.05) is 12.1 Å². The lowest BCUT2D eigenvalue weighted by atomic mass is 10.0. The molecule has 80 valence electrons. The van der Waals surface area contributed by atoms with Crippen molar-refractivity contribution in [2.75, 3.05) is 5.73 Å². The van der Waals surface area contributed by atoms with Crippen LogP contribution in [0.5, 0.6) is 0 Å². The van der Waals surface area contributed by atoms with Gasteiger partial charge in [-0.05, 0) is 24.1 Å².